The van der Waals surface area contributed by atoms with Crippen LogP contribution >= 0.6 is 0 Å². The molecule has 0 bridgehead atoms. The zero-order valence-electron chi connectivity index (χ0n) is 15.5. The molecule has 3 aliphatic rings. The number of hydrogen-bond acceptors (Lipinski definition) is 4. The molecule has 0 aromatic heterocycles. The summed E-state index contributed by atoms with van der Waals surface area (Å²) in [5, 5.41) is 5.28. The second-order valence-corrected chi connectivity index (χ2v) is 7.97. The Morgan fingerprint density at radius 2 is 2.04 bits per heavy atom. The van der Waals surface area contributed by atoms with Crippen molar-refractivity contribution in [3.63, 3.8) is 0 Å². The third-order valence-corrected chi connectivity index (χ3v) is 5.87. The number of piperidine rings is 1. The van der Waals surface area contributed by atoms with E-state index in [2.05, 4.69) is 24.5 Å². The molecule has 0 radical (unpaired) electrons. The summed E-state index contributed by atoms with van der Waals surface area (Å²) in [7, 11) is 0. The van der Waals surface area contributed by atoms with E-state index in [9.17, 15) is 19.2 Å². The fourth-order valence-electron chi connectivity index (χ4n) is 4.18. The SMILES string of the molecule is CC(C)[C@@H]1C[C@H]1C(=O)Nc1cccc2c1CN(C1CCC(=O)NC1=O)C2=O. The smallest absolute Gasteiger partial charge is 0.255 e. The van der Waals surface area contributed by atoms with Gasteiger partial charge in [-0.15, -0.1) is 0 Å². The number of imide groups is 1. The van der Waals surface area contributed by atoms with E-state index >= 15 is 0 Å². The number of carbonyl (C=O) groups excluding carboxylic acids is 4. The highest BCUT2D eigenvalue weighted by atomic mass is 16.2. The minimum atomic E-state index is -0.653. The molecule has 7 heteroatoms. The largest absolute Gasteiger partial charge is 0.325 e. The third kappa shape index (κ3) is 3.11. The van der Waals surface area contributed by atoms with Crippen LogP contribution in [0.15, 0.2) is 18.2 Å². The van der Waals surface area contributed by atoms with E-state index in [0.29, 0.717) is 29.5 Å². The maximum absolute atomic E-state index is 12.8. The van der Waals surface area contributed by atoms with Crippen molar-refractivity contribution in [3.05, 3.63) is 29.3 Å². The molecule has 1 aromatic rings. The van der Waals surface area contributed by atoms with Crippen molar-refractivity contribution in [2.75, 3.05) is 5.32 Å². The van der Waals surface area contributed by atoms with E-state index in [1.54, 1.807) is 18.2 Å². The number of nitrogens with zero attached hydrogens (tertiary/aromatic N) is 1. The van der Waals surface area contributed by atoms with Crippen LogP contribution in [0, 0.1) is 17.8 Å². The van der Waals surface area contributed by atoms with E-state index in [4.69, 9.17) is 0 Å². The molecule has 1 saturated carbocycles. The van der Waals surface area contributed by atoms with Crippen molar-refractivity contribution < 1.29 is 19.2 Å². The Morgan fingerprint density at radius 1 is 1.26 bits per heavy atom. The molecule has 4 rings (SSSR count). The van der Waals surface area contributed by atoms with E-state index in [1.165, 1.54) is 4.90 Å². The quantitative estimate of drug-likeness (QED) is 0.790. The number of hydrogen-bond donors (Lipinski definition) is 2. The molecule has 2 N–H and O–H groups in total. The number of carbonyl (C=O) groups is 4. The molecule has 27 heavy (non-hydrogen) atoms. The molecular formula is C20H23N3O4. The van der Waals surface area contributed by atoms with E-state index in [1.807, 2.05) is 0 Å². The van der Waals surface area contributed by atoms with Gasteiger partial charge in [-0.2, -0.15) is 0 Å². The van der Waals surface area contributed by atoms with Crippen LogP contribution in [0.4, 0.5) is 5.69 Å². The summed E-state index contributed by atoms with van der Waals surface area (Å²) >= 11 is 0. The van der Waals surface area contributed by atoms with E-state index < -0.39 is 11.9 Å². The lowest BCUT2D eigenvalue weighted by molar-refractivity contribution is -0.137. The van der Waals surface area contributed by atoms with Gasteiger partial charge in [-0.3, -0.25) is 24.5 Å². The molecule has 0 spiro atoms. The Morgan fingerprint density at radius 3 is 2.70 bits per heavy atom. The van der Waals surface area contributed by atoms with E-state index in [-0.39, 0.29) is 36.6 Å². The Kier molecular flexibility index (Phi) is 4.25. The Hall–Kier alpha value is -2.70. The van der Waals surface area contributed by atoms with Crippen molar-refractivity contribution in [1.82, 2.24) is 10.2 Å². The zero-order valence-corrected chi connectivity index (χ0v) is 15.5. The van der Waals surface area contributed by atoms with Crippen LogP contribution in [0.5, 0.6) is 0 Å². The van der Waals surface area contributed by atoms with Gasteiger partial charge in [0.05, 0.1) is 0 Å². The van der Waals surface area contributed by atoms with Gasteiger partial charge in [0.1, 0.15) is 6.04 Å². The fourth-order valence-corrected chi connectivity index (χ4v) is 4.18. The maximum atomic E-state index is 12.8. The number of rotatable bonds is 4. The Balaban J connectivity index is 1.52. The van der Waals surface area contributed by atoms with Crippen LogP contribution in [0.2, 0.25) is 0 Å². The molecule has 1 aliphatic carbocycles. The van der Waals surface area contributed by atoms with Crippen molar-refractivity contribution >= 4 is 29.3 Å². The van der Waals surface area contributed by atoms with Crippen LogP contribution in [-0.2, 0) is 20.9 Å². The normalized spacial score (nSPS) is 26.9. The van der Waals surface area contributed by atoms with Gasteiger partial charge < -0.3 is 10.2 Å². The summed E-state index contributed by atoms with van der Waals surface area (Å²) in [5.74, 6) is -0.0521. The highest BCUT2D eigenvalue weighted by Gasteiger charge is 2.45. The summed E-state index contributed by atoms with van der Waals surface area (Å²) in [6, 6.07) is 4.60. The Labute approximate surface area is 157 Å². The molecule has 1 unspecified atom stereocenters. The van der Waals surface area contributed by atoms with E-state index in [0.717, 1.165) is 12.0 Å². The first-order chi connectivity index (χ1) is 12.9. The van der Waals surface area contributed by atoms with Crippen LogP contribution in [0.3, 0.4) is 0 Å². The summed E-state index contributed by atoms with van der Waals surface area (Å²) in [6.45, 7) is 4.50. The first kappa shape index (κ1) is 17.7. The van der Waals surface area contributed by atoms with Gasteiger partial charge in [0.25, 0.3) is 5.91 Å². The first-order valence-electron chi connectivity index (χ1n) is 9.44. The predicted molar refractivity (Wildman–Crippen MR) is 97.6 cm³/mol. The second kappa shape index (κ2) is 6.48. The topological polar surface area (TPSA) is 95.6 Å². The molecule has 4 amide bonds. The Bertz CT molecular complexity index is 848. The highest BCUT2D eigenvalue weighted by Crippen LogP contribution is 2.45. The number of anilines is 1. The first-order valence-corrected chi connectivity index (χ1v) is 9.44. The average molecular weight is 369 g/mol. The highest BCUT2D eigenvalue weighted by molar-refractivity contribution is 6.07. The number of nitrogens with one attached hydrogen (secondary N) is 2. The molecule has 1 aromatic carbocycles. The van der Waals surface area contributed by atoms with Crippen LogP contribution in [0.1, 0.15) is 49.0 Å². The van der Waals surface area contributed by atoms with Crippen LogP contribution in [-0.4, -0.2) is 34.6 Å². The maximum Gasteiger partial charge on any atom is 0.255 e. The van der Waals surface area contributed by atoms with Gasteiger partial charge in [0.2, 0.25) is 17.7 Å². The second-order valence-electron chi connectivity index (χ2n) is 7.97. The molecule has 7 nitrogen and oxygen atoms in total. The summed E-state index contributed by atoms with van der Waals surface area (Å²) in [6.07, 6.45) is 1.45. The monoisotopic (exact) mass is 369 g/mol. The molecule has 142 valence electrons. The number of benzene rings is 1. The number of fused-ring (bicyclic) bond motifs is 1. The lowest BCUT2D eigenvalue weighted by atomic mass is 10.0. The van der Waals surface area contributed by atoms with Crippen molar-refractivity contribution in [3.8, 4) is 0 Å². The van der Waals surface area contributed by atoms with Gasteiger partial charge >= 0.3 is 0 Å². The predicted octanol–water partition coefficient (Wildman–Crippen LogP) is 1.68. The van der Waals surface area contributed by atoms with Gasteiger partial charge in [-0.25, -0.2) is 0 Å². The van der Waals surface area contributed by atoms with Crippen LogP contribution in [0.25, 0.3) is 0 Å². The lowest BCUT2D eigenvalue weighted by Crippen LogP contribution is -2.52. The molecule has 2 fully saturated rings. The van der Waals surface area contributed by atoms with Gasteiger partial charge in [-0.05, 0) is 36.8 Å². The minimum absolute atomic E-state index is 0.00555. The fraction of sp³-hybridized carbons (Fsp3) is 0.500. The van der Waals surface area contributed by atoms with Crippen molar-refractivity contribution in [2.45, 2.75) is 45.7 Å². The lowest BCUT2D eigenvalue weighted by Gasteiger charge is -2.29. The summed E-state index contributed by atoms with van der Waals surface area (Å²) in [4.78, 5) is 50.3. The van der Waals surface area contributed by atoms with Gasteiger partial charge in [0.15, 0.2) is 0 Å². The van der Waals surface area contributed by atoms with Crippen molar-refractivity contribution in [2.24, 2.45) is 17.8 Å². The minimum Gasteiger partial charge on any atom is -0.325 e. The summed E-state index contributed by atoms with van der Waals surface area (Å²) < 4.78 is 0. The molecule has 3 atom stereocenters. The third-order valence-electron chi connectivity index (χ3n) is 5.87. The van der Waals surface area contributed by atoms with Crippen molar-refractivity contribution in [1.29, 1.82) is 0 Å². The van der Waals surface area contributed by atoms with Gasteiger partial charge in [-0.1, -0.05) is 19.9 Å². The molecular weight excluding hydrogens is 346 g/mol. The average Bonchev–Trinajstić information content (AvgIpc) is 3.36. The molecule has 1 saturated heterocycles. The van der Waals surface area contributed by atoms with Gasteiger partial charge in [0, 0.05) is 35.7 Å². The zero-order chi connectivity index (χ0) is 19.3. The standard InChI is InChI=1S/C20H23N3O4/c1-10(2)12-8-13(12)18(25)21-15-5-3-4-11-14(15)9-23(20(11)27)16-6-7-17(24)22-19(16)26/h3-5,10,12-13,16H,6-9H2,1-2H3,(H,21,25)(H,22,24,26)/t12-,13+,16?/m0/s1. The molecule has 2 heterocycles. The summed E-state index contributed by atoms with van der Waals surface area (Å²) in [5.41, 5.74) is 1.88. The van der Waals surface area contributed by atoms with Crippen LogP contribution < -0.4 is 10.6 Å². The number of amides is 4. The molecule has 2 aliphatic heterocycles.